The number of halogens is 1. The number of aliphatic hydroxyl groups is 1. The van der Waals surface area contributed by atoms with E-state index in [1.54, 1.807) is 6.07 Å². The Balaban J connectivity index is 1.93. The summed E-state index contributed by atoms with van der Waals surface area (Å²) in [6.07, 6.45) is 1.48. The molecule has 1 aliphatic rings. The van der Waals surface area contributed by atoms with Gasteiger partial charge in [-0.25, -0.2) is 9.97 Å². The molecule has 30 heavy (non-hydrogen) atoms. The van der Waals surface area contributed by atoms with E-state index in [0.29, 0.717) is 41.9 Å². The molecule has 9 heteroatoms. The first-order valence-corrected chi connectivity index (χ1v) is 10.2. The number of aliphatic hydroxyl groups excluding tert-OH is 1. The number of nitrogens with zero attached hydrogens (tertiary/aromatic N) is 3. The standard InChI is InChI=1S/C21H26ClN5O3/c1-13(2)27-14(8-16(28)9-15(27)10-23-3)4-5-18-17(22)11-24-21(25-18)26-19-6-7-30-12-20(19)29/h8-9,11,13,19-20,23,29H,6-7,10,12H2,1-3H3,(H,24,25,26)/t19-,20-/m1/s1. The van der Waals surface area contributed by atoms with Crippen molar-refractivity contribution in [2.24, 2.45) is 0 Å². The number of aromatic nitrogens is 3. The minimum Gasteiger partial charge on any atom is -0.389 e. The van der Waals surface area contributed by atoms with Gasteiger partial charge in [0, 0.05) is 37.0 Å². The summed E-state index contributed by atoms with van der Waals surface area (Å²) in [6, 6.07) is 3.04. The minimum atomic E-state index is -0.636. The van der Waals surface area contributed by atoms with Crippen molar-refractivity contribution in [3.8, 4) is 11.8 Å². The molecule has 2 atom stereocenters. The Bertz CT molecular complexity index is 1010. The molecular weight excluding hydrogens is 406 g/mol. The molecule has 0 aliphatic carbocycles. The lowest BCUT2D eigenvalue weighted by atomic mass is 10.1. The van der Waals surface area contributed by atoms with Crippen LogP contribution in [0.15, 0.2) is 23.1 Å². The van der Waals surface area contributed by atoms with Crippen LogP contribution < -0.4 is 16.1 Å². The summed E-state index contributed by atoms with van der Waals surface area (Å²) < 4.78 is 7.25. The quantitative estimate of drug-likeness (QED) is 0.617. The van der Waals surface area contributed by atoms with Gasteiger partial charge in [-0.3, -0.25) is 4.79 Å². The highest BCUT2D eigenvalue weighted by molar-refractivity contribution is 6.31. The average molecular weight is 432 g/mol. The van der Waals surface area contributed by atoms with Gasteiger partial charge in [-0.1, -0.05) is 11.6 Å². The van der Waals surface area contributed by atoms with Gasteiger partial charge >= 0.3 is 0 Å². The minimum absolute atomic E-state index is 0.105. The van der Waals surface area contributed by atoms with E-state index in [9.17, 15) is 9.90 Å². The second-order valence-corrected chi connectivity index (χ2v) is 7.79. The van der Waals surface area contributed by atoms with Crippen molar-refractivity contribution in [2.45, 2.75) is 45.0 Å². The molecule has 0 saturated carbocycles. The molecular formula is C21H26ClN5O3. The van der Waals surface area contributed by atoms with Gasteiger partial charge in [0.15, 0.2) is 5.43 Å². The zero-order valence-corrected chi connectivity index (χ0v) is 18.0. The third-order valence-electron chi connectivity index (χ3n) is 4.72. The van der Waals surface area contributed by atoms with Crippen LogP contribution in [0.25, 0.3) is 0 Å². The van der Waals surface area contributed by atoms with Crippen LogP contribution >= 0.6 is 11.6 Å². The number of hydrogen-bond donors (Lipinski definition) is 3. The highest BCUT2D eigenvalue weighted by Gasteiger charge is 2.24. The van der Waals surface area contributed by atoms with Gasteiger partial charge < -0.3 is 25.0 Å². The maximum atomic E-state index is 12.1. The molecule has 0 radical (unpaired) electrons. The van der Waals surface area contributed by atoms with Crippen molar-refractivity contribution in [2.75, 3.05) is 25.6 Å². The molecule has 0 spiro atoms. The predicted molar refractivity (Wildman–Crippen MR) is 116 cm³/mol. The van der Waals surface area contributed by atoms with Crippen LogP contribution in [0.4, 0.5) is 5.95 Å². The molecule has 1 fully saturated rings. The normalized spacial score (nSPS) is 18.7. The molecule has 0 bridgehead atoms. The molecule has 0 unspecified atom stereocenters. The number of pyridine rings is 1. The third-order valence-corrected chi connectivity index (χ3v) is 5.00. The number of rotatable bonds is 5. The maximum Gasteiger partial charge on any atom is 0.224 e. The lowest BCUT2D eigenvalue weighted by Gasteiger charge is -2.28. The van der Waals surface area contributed by atoms with E-state index in [1.165, 1.54) is 12.3 Å². The fraction of sp³-hybridized carbons (Fsp3) is 0.476. The monoisotopic (exact) mass is 431 g/mol. The van der Waals surface area contributed by atoms with Gasteiger partial charge in [0.25, 0.3) is 0 Å². The van der Waals surface area contributed by atoms with Crippen LogP contribution in [0.2, 0.25) is 5.02 Å². The van der Waals surface area contributed by atoms with Crippen LogP contribution in [0.5, 0.6) is 0 Å². The van der Waals surface area contributed by atoms with Crippen molar-refractivity contribution >= 4 is 17.5 Å². The molecule has 3 N–H and O–H groups in total. The molecule has 8 nitrogen and oxygen atoms in total. The third kappa shape index (κ3) is 5.37. The van der Waals surface area contributed by atoms with E-state index in [2.05, 4.69) is 32.4 Å². The van der Waals surface area contributed by atoms with Crippen LogP contribution in [0, 0.1) is 11.8 Å². The number of anilines is 1. The average Bonchev–Trinajstić information content (AvgIpc) is 2.69. The summed E-state index contributed by atoms with van der Waals surface area (Å²) in [4.78, 5) is 20.7. The van der Waals surface area contributed by atoms with Gasteiger partial charge in [0.2, 0.25) is 5.95 Å². The summed E-state index contributed by atoms with van der Waals surface area (Å²) >= 11 is 6.25. The Kier molecular flexibility index (Phi) is 7.45. The molecule has 160 valence electrons. The first-order chi connectivity index (χ1) is 14.4. The Morgan fingerprint density at radius 2 is 2.20 bits per heavy atom. The van der Waals surface area contributed by atoms with E-state index in [1.807, 2.05) is 25.5 Å². The zero-order valence-electron chi connectivity index (χ0n) is 17.3. The first kappa shape index (κ1) is 22.2. The predicted octanol–water partition coefficient (Wildman–Crippen LogP) is 1.55. The number of hydrogen-bond acceptors (Lipinski definition) is 7. The summed E-state index contributed by atoms with van der Waals surface area (Å²) in [5.74, 6) is 6.35. The Morgan fingerprint density at radius 3 is 2.90 bits per heavy atom. The summed E-state index contributed by atoms with van der Waals surface area (Å²) in [7, 11) is 1.83. The topological polar surface area (TPSA) is 101 Å². The van der Waals surface area contributed by atoms with E-state index in [-0.39, 0.29) is 24.1 Å². The van der Waals surface area contributed by atoms with Gasteiger partial charge in [0.1, 0.15) is 5.69 Å². The molecule has 2 aromatic heterocycles. The van der Waals surface area contributed by atoms with Gasteiger partial charge in [0.05, 0.1) is 35.7 Å². The molecule has 0 amide bonds. The van der Waals surface area contributed by atoms with Crippen molar-refractivity contribution in [3.05, 3.63) is 50.7 Å². The van der Waals surface area contributed by atoms with Crippen LogP contribution in [0.3, 0.4) is 0 Å². The number of nitrogens with one attached hydrogen (secondary N) is 2. The highest BCUT2D eigenvalue weighted by Crippen LogP contribution is 2.17. The van der Waals surface area contributed by atoms with E-state index < -0.39 is 6.10 Å². The zero-order chi connectivity index (χ0) is 21.7. The Hall–Kier alpha value is -2.44. The van der Waals surface area contributed by atoms with Crippen molar-refractivity contribution in [1.82, 2.24) is 19.9 Å². The van der Waals surface area contributed by atoms with Crippen LogP contribution in [-0.4, -0.2) is 52.0 Å². The highest BCUT2D eigenvalue weighted by atomic mass is 35.5. The van der Waals surface area contributed by atoms with E-state index >= 15 is 0 Å². The maximum absolute atomic E-state index is 12.1. The number of ether oxygens (including phenoxy) is 1. The van der Waals surface area contributed by atoms with E-state index in [4.69, 9.17) is 16.3 Å². The molecule has 3 rings (SSSR count). The van der Waals surface area contributed by atoms with Gasteiger partial charge in [-0.15, -0.1) is 0 Å². The fourth-order valence-electron chi connectivity index (χ4n) is 3.36. The smallest absolute Gasteiger partial charge is 0.224 e. The second kappa shape index (κ2) is 10.0. The van der Waals surface area contributed by atoms with Crippen LogP contribution in [0.1, 0.15) is 43.4 Å². The van der Waals surface area contributed by atoms with Crippen molar-refractivity contribution < 1.29 is 9.84 Å². The molecule has 1 saturated heterocycles. The second-order valence-electron chi connectivity index (χ2n) is 7.38. The van der Waals surface area contributed by atoms with Gasteiger partial charge in [-0.05, 0) is 39.2 Å². The molecule has 2 aromatic rings. The summed E-state index contributed by atoms with van der Waals surface area (Å²) in [6.45, 7) is 5.46. The largest absolute Gasteiger partial charge is 0.389 e. The summed E-state index contributed by atoms with van der Waals surface area (Å²) in [5.41, 5.74) is 1.68. The Morgan fingerprint density at radius 1 is 1.40 bits per heavy atom. The van der Waals surface area contributed by atoms with Crippen molar-refractivity contribution in [1.29, 1.82) is 0 Å². The summed E-state index contributed by atoms with van der Waals surface area (Å²) in [5, 5.41) is 16.6. The molecule has 1 aliphatic heterocycles. The fourth-order valence-corrected chi connectivity index (χ4v) is 3.50. The lowest BCUT2D eigenvalue weighted by molar-refractivity contribution is -0.0136. The molecule has 3 heterocycles. The van der Waals surface area contributed by atoms with Gasteiger partial charge in [-0.2, -0.15) is 0 Å². The Labute approximate surface area is 180 Å². The lowest BCUT2D eigenvalue weighted by Crippen LogP contribution is -2.42. The molecule has 0 aromatic carbocycles. The first-order valence-electron chi connectivity index (χ1n) is 9.86. The van der Waals surface area contributed by atoms with Crippen LogP contribution in [-0.2, 0) is 11.3 Å². The van der Waals surface area contributed by atoms with Crippen molar-refractivity contribution in [3.63, 3.8) is 0 Å². The van der Waals surface area contributed by atoms with E-state index in [0.717, 1.165) is 5.69 Å². The SMILES string of the molecule is CNCc1cc(=O)cc(C#Cc2nc(N[C@@H]3CCOC[C@H]3O)ncc2Cl)n1C(C)C.